The fourth-order valence-corrected chi connectivity index (χ4v) is 2.11. The lowest BCUT2D eigenvalue weighted by atomic mass is 10.2. The Morgan fingerprint density at radius 3 is 2.86 bits per heavy atom. The monoisotopic (exact) mass is 290 g/mol. The highest BCUT2D eigenvalue weighted by Crippen LogP contribution is 2.12. The molecule has 0 bridgehead atoms. The van der Waals surface area contributed by atoms with E-state index in [4.69, 9.17) is 10.00 Å². The Bertz CT molecular complexity index is 481. The molecule has 1 aliphatic heterocycles. The SMILES string of the molecule is CN1CCN(NCC(O)COc2cccc(C#N)c2)CC1. The molecule has 0 saturated carbocycles. The third-order valence-electron chi connectivity index (χ3n) is 3.46. The first kappa shape index (κ1) is 15.7. The van der Waals surface area contributed by atoms with Crippen molar-refractivity contribution >= 4 is 0 Å². The van der Waals surface area contributed by atoms with Crippen molar-refractivity contribution in [3.05, 3.63) is 29.8 Å². The molecular weight excluding hydrogens is 268 g/mol. The molecular formula is C15H22N4O2. The van der Waals surface area contributed by atoms with E-state index in [9.17, 15) is 5.11 Å². The molecule has 1 unspecified atom stereocenters. The van der Waals surface area contributed by atoms with E-state index in [-0.39, 0.29) is 6.61 Å². The predicted octanol–water partition coefficient (Wildman–Crippen LogP) is 0.0500. The number of benzene rings is 1. The van der Waals surface area contributed by atoms with Crippen molar-refractivity contribution in [2.75, 3.05) is 46.4 Å². The van der Waals surface area contributed by atoms with Gasteiger partial charge >= 0.3 is 0 Å². The Morgan fingerprint density at radius 2 is 2.14 bits per heavy atom. The van der Waals surface area contributed by atoms with Crippen LogP contribution in [0.1, 0.15) is 5.56 Å². The third-order valence-corrected chi connectivity index (χ3v) is 3.46. The molecule has 1 atom stereocenters. The molecule has 2 N–H and O–H groups in total. The van der Waals surface area contributed by atoms with Crippen LogP contribution < -0.4 is 10.2 Å². The van der Waals surface area contributed by atoms with Crippen LogP contribution in [0.4, 0.5) is 0 Å². The maximum absolute atomic E-state index is 9.93. The molecule has 6 heteroatoms. The molecule has 114 valence electrons. The zero-order chi connectivity index (χ0) is 15.1. The van der Waals surface area contributed by atoms with Crippen molar-refractivity contribution in [1.82, 2.24) is 15.3 Å². The second-order valence-electron chi connectivity index (χ2n) is 5.26. The zero-order valence-electron chi connectivity index (χ0n) is 12.3. The number of hydrazine groups is 1. The Kier molecular flexibility index (Phi) is 5.96. The lowest BCUT2D eigenvalue weighted by Gasteiger charge is -2.33. The lowest BCUT2D eigenvalue weighted by molar-refractivity contribution is 0.0548. The van der Waals surface area contributed by atoms with Crippen LogP contribution in [0.15, 0.2) is 24.3 Å². The molecule has 1 aromatic rings. The van der Waals surface area contributed by atoms with Gasteiger partial charge in [0.15, 0.2) is 0 Å². The van der Waals surface area contributed by atoms with Gasteiger partial charge in [0.05, 0.1) is 11.6 Å². The molecule has 1 aromatic carbocycles. The van der Waals surface area contributed by atoms with Gasteiger partial charge in [-0.05, 0) is 25.2 Å². The molecule has 2 rings (SSSR count). The summed E-state index contributed by atoms with van der Waals surface area (Å²) in [6.45, 7) is 4.63. The highest BCUT2D eigenvalue weighted by molar-refractivity contribution is 5.36. The summed E-state index contributed by atoms with van der Waals surface area (Å²) in [6.07, 6.45) is -0.588. The number of rotatable bonds is 6. The van der Waals surface area contributed by atoms with Gasteiger partial charge in [-0.3, -0.25) is 5.43 Å². The minimum absolute atomic E-state index is 0.204. The maximum atomic E-state index is 9.93. The Balaban J connectivity index is 1.67. The quantitative estimate of drug-likeness (QED) is 0.771. The van der Waals surface area contributed by atoms with Gasteiger partial charge in [0.2, 0.25) is 0 Å². The molecule has 0 amide bonds. The number of nitriles is 1. The van der Waals surface area contributed by atoms with E-state index in [0.717, 1.165) is 26.2 Å². The van der Waals surface area contributed by atoms with E-state index >= 15 is 0 Å². The van der Waals surface area contributed by atoms with Gasteiger partial charge < -0.3 is 14.7 Å². The van der Waals surface area contributed by atoms with Gasteiger partial charge in [-0.2, -0.15) is 5.26 Å². The zero-order valence-corrected chi connectivity index (χ0v) is 12.3. The summed E-state index contributed by atoms with van der Waals surface area (Å²) in [4.78, 5) is 2.28. The molecule has 1 heterocycles. The van der Waals surface area contributed by atoms with Crippen molar-refractivity contribution in [2.45, 2.75) is 6.10 Å². The summed E-state index contributed by atoms with van der Waals surface area (Å²) in [7, 11) is 2.11. The van der Waals surface area contributed by atoms with Crippen molar-refractivity contribution in [3.8, 4) is 11.8 Å². The fourth-order valence-electron chi connectivity index (χ4n) is 2.11. The molecule has 0 aromatic heterocycles. The van der Waals surface area contributed by atoms with Crippen molar-refractivity contribution < 1.29 is 9.84 Å². The van der Waals surface area contributed by atoms with Crippen LogP contribution in [0.25, 0.3) is 0 Å². The number of nitrogens with zero attached hydrogens (tertiary/aromatic N) is 3. The molecule has 0 aliphatic carbocycles. The molecule has 1 fully saturated rings. The van der Waals surface area contributed by atoms with Gasteiger partial charge in [0, 0.05) is 32.7 Å². The Hall–Kier alpha value is -1.65. The highest BCUT2D eigenvalue weighted by Gasteiger charge is 2.14. The summed E-state index contributed by atoms with van der Waals surface area (Å²) in [5.74, 6) is 0.604. The molecule has 6 nitrogen and oxygen atoms in total. The number of hydrogen-bond donors (Lipinski definition) is 2. The van der Waals surface area contributed by atoms with Crippen LogP contribution >= 0.6 is 0 Å². The van der Waals surface area contributed by atoms with Gasteiger partial charge in [-0.15, -0.1) is 0 Å². The van der Waals surface area contributed by atoms with E-state index < -0.39 is 6.10 Å². The number of aliphatic hydroxyl groups excluding tert-OH is 1. The van der Waals surface area contributed by atoms with E-state index in [1.807, 2.05) is 0 Å². The van der Waals surface area contributed by atoms with Gasteiger partial charge in [0.1, 0.15) is 18.5 Å². The number of aliphatic hydroxyl groups is 1. The van der Waals surface area contributed by atoms with Gasteiger partial charge in [-0.25, -0.2) is 5.01 Å². The van der Waals surface area contributed by atoms with Crippen LogP contribution in [-0.4, -0.2) is 67.5 Å². The van der Waals surface area contributed by atoms with Crippen molar-refractivity contribution in [2.24, 2.45) is 0 Å². The van der Waals surface area contributed by atoms with Crippen LogP contribution in [-0.2, 0) is 0 Å². The molecule has 1 saturated heterocycles. The maximum Gasteiger partial charge on any atom is 0.120 e. The van der Waals surface area contributed by atoms with E-state index in [1.54, 1.807) is 24.3 Å². The van der Waals surface area contributed by atoms with E-state index in [0.29, 0.717) is 17.9 Å². The number of likely N-dealkylation sites (N-methyl/N-ethyl adjacent to an activating group) is 1. The average Bonchev–Trinajstić information content (AvgIpc) is 2.52. The largest absolute Gasteiger partial charge is 0.491 e. The number of nitrogens with one attached hydrogen (secondary N) is 1. The summed E-state index contributed by atoms with van der Waals surface area (Å²) >= 11 is 0. The fraction of sp³-hybridized carbons (Fsp3) is 0.533. The summed E-state index contributed by atoms with van der Waals surface area (Å²) < 4.78 is 5.50. The van der Waals surface area contributed by atoms with Crippen molar-refractivity contribution in [3.63, 3.8) is 0 Å². The molecule has 1 aliphatic rings. The summed E-state index contributed by atoms with van der Waals surface area (Å²) in [5, 5.41) is 20.9. The lowest BCUT2D eigenvalue weighted by Crippen LogP contribution is -2.52. The summed E-state index contributed by atoms with van der Waals surface area (Å²) in [5.41, 5.74) is 3.78. The smallest absolute Gasteiger partial charge is 0.120 e. The summed E-state index contributed by atoms with van der Waals surface area (Å²) in [6, 6.07) is 8.99. The Morgan fingerprint density at radius 1 is 1.38 bits per heavy atom. The number of ether oxygens (including phenoxy) is 1. The molecule has 21 heavy (non-hydrogen) atoms. The minimum Gasteiger partial charge on any atom is -0.491 e. The predicted molar refractivity (Wildman–Crippen MR) is 79.7 cm³/mol. The molecule has 0 spiro atoms. The van der Waals surface area contributed by atoms with Crippen LogP contribution in [0, 0.1) is 11.3 Å². The van der Waals surface area contributed by atoms with Crippen LogP contribution in [0.3, 0.4) is 0 Å². The first-order valence-corrected chi connectivity index (χ1v) is 7.15. The standard InChI is InChI=1S/C15H22N4O2/c1-18-5-7-19(8-6-18)17-11-14(20)12-21-15-4-2-3-13(9-15)10-16/h2-4,9,14,17,20H,5-8,11-12H2,1H3. The van der Waals surface area contributed by atoms with Crippen molar-refractivity contribution in [1.29, 1.82) is 5.26 Å². The van der Waals surface area contributed by atoms with Gasteiger partial charge in [-0.1, -0.05) is 6.07 Å². The average molecular weight is 290 g/mol. The minimum atomic E-state index is -0.588. The van der Waals surface area contributed by atoms with E-state index in [2.05, 4.69) is 28.5 Å². The first-order chi connectivity index (χ1) is 10.2. The number of piperazine rings is 1. The van der Waals surface area contributed by atoms with E-state index in [1.165, 1.54) is 0 Å². The highest BCUT2D eigenvalue weighted by atomic mass is 16.5. The van der Waals surface area contributed by atoms with Gasteiger partial charge in [0.25, 0.3) is 0 Å². The molecule has 0 radical (unpaired) electrons. The number of hydrogen-bond acceptors (Lipinski definition) is 6. The first-order valence-electron chi connectivity index (χ1n) is 7.15. The second-order valence-corrected chi connectivity index (χ2v) is 5.26. The van der Waals surface area contributed by atoms with Crippen LogP contribution in [0.5, 0.6) is 5.75 Å². The van der Waals surface area contributed by atoms with Crippen LogP contribution in [0.2, 0.25) is 0 Å². The third kappa shape index (κ3) is 5.33. The normalized spacial score (nSPS) is 18.1. The second kappa shape index (κ2) is 7.96. The topological polar surface area (TPSA) is 71.8 Å². The Labute approximate surface area is 125 Å².